The molecular weight excluding hydrogens is 337 g/mol. The monoisotopic (exact) mass is 355 g/mol. The van der Waals surface area contributed by atoms with Gasteiger partial charge in [-0.3, -0.25) is 9.48 Å². The summed E-state index contributed by atoms with van der Waals surface area (Å²) in [7, 11) is 0. The van der Waals surface area contributed by atoms with Crippen molar-refractivity contribution in [2.24, 2.45) is 5.73 Å². The van der Waals surface area contributed by atoms with Gasteiger partial charge in [-0.2, -0.15) is 10.1 Å². The van der Waals surface area contributed by atoms with Crippen molar-refractivity contribution in [2.45, 2.75) is 20.0 Å². The van der Waals surface area contributed by atoms with Crippen molar-refractivity contribution < 1.29 is 9.18 Å². The summed E-state index contributed by atoms with van der Waals surface area (Å²) in [6.07, 6.45) is 4.80. The van der Waals surface area contributed by atoms with Gasteiger partial charge in [0.15, 0.2) is 0 Å². The molecule has 8 nitrogen and oxygen atoms in total. The van der Waals surface area contributed by atoms with Crippen molar-refractivity contribution in [1.29, 1.82) is 0 Å². The number of nitrogens with two attached hydrogens (primary N) is 1. The third-order valence-corrected chi connectivity index (χ3v) is 3.62. The number of nitrogens with zero attached hydrogens (tertiary/aromatic N) is 4. The average molecular weight is 355 g/mol. The number of primary amides is 1. The lowest BCUT2D eigenvalue weighted by Crippen LogP contribution is -2.17. The fourth-order valence-electron chi connectivity index (χ4n) is 2.32. The van der Waals surface area contributed by atoms with E-state index in [4.69, 9.17) is 5.73 Å². The Hall–Kier alpha value is -3.49. The molecule has 3 rings (SSSR count). The summed E-state index contributed by atoms with van der Waals surface area (Å²) in [6, 6.07) is 6.14. The van der Waals surface area contributed by atoms with Crippen LogP contribution in [-0.2, 0) is 13.1 Å². The van der Waals surface area contributed by atoms with Gasteiger partial charge in [0, 0.05) is 25.5 Å². The molecule has 0 bridgehead atoms. The highest BCUT2D eigenvalue weighted by Crippen LogP contribution is 2.18. The molecule has 0 atom stereocenters. The molecule has 2 heterocycles. The number of aryl methyl sites for hydroxylation is 1. The van der Waals surface area contributed by atoms with Gasteiger partial charge >= 0.3 is 0 Å². The van der Waals surface area contributed by atoms with E-state index in [1.165, 1.54) is 18.3 Å². The number of halogens is 1. The van der Waals surface area contributed by atoms with Crippen LogP contribution in [0.3, 0.4) is 0 Å². The third-order valence-electron chi connectivity index (χ3n) is 3.62. The Bertz CT molecular complexity index is 925. The van der Waals surface area contributed by atoms with E-state index >= 15 is 0 Å². The number of carbonyl (C=O) groups is 1. The molecular formula is C17H18FN7O. The number of anilines is 3. The van der Waals surface area contributed by atoms with Crippen LogP contribution < -0.4 is 16.4 Å². The molecule has 134 valence electrons. The van der Waals surface area contributed by atoms with Gasteiger partial charge in [-0.25, -0.2) is 9.37 Å². The molecule has 0 saturated heterocycles. The van der Waals surface area contributed by atoms with Gasteiger partial charge in [-0.1, -0.05) is 12.1 Å². The minimum absolute atomic E-state index is 0.149. The van der Waals surface area contributed by atoms with Gasteiger partial charge < -0.3 is 16.4 Å². The van der Waals surface area contributed by atoms with Crippen molar-refractivity contribution in [3.8, 4) is 0 Å². The third kappa shape index (κ3) is 4.12. The molecule has 0 aliphatic rings. The maximum absolute atomic E-state index is 13.3. The molecule has 1 aromatic carbocycles. The second-order valence-corrected chi connectivity index (χ2v) is 5.51. The maximum Gasteiger partial charge on any atom is 0.254 e. The number of hydrogen-bond acceptors (Lipinski definition) is 6. The van der Waals surface area contributed by atoms with Crippen LogP contribution in [-0.4, -0.2) is 25.7 Å². The zero-order valence-corrected chi connectivity index (χ0v) is 14.1. The second-order valence-electron chi connectivity index (χ2n) is 5.51. The maximum atomic E-state index is 13.3. The van der Waals surface area contributed by atoms with Crippen molar-refractivity contribution in [3.05, 3.63) is 59.8 Å². The molecule has 0 aliphatic heterocycles. The summed E-state index contributed by atoms with van der Waals surface area (Å²) in [6.45, 7) is 3.00. The van der Waals surface area contributed by atoms with Gasteiger partial charge in [0.25, 0.3) is 5.91 Å². The summed E-state index contributed by atoms with van der Waals surface area (Å²) < 4.78 is 15.0. The zero-order valence-electron chi connectivity index (χ0n) is 14.1. The summed E-state index contributed by atoms with van der Waals surface area (Å²) in [5.41, 5.74) is 6.95. The van der Waals surface area contributed by atoms with Crippen molar-refractivity contribution in [1.82, 2.24) is 19.7 Å². The lowest BCUT2D eigenvalue weighted by atomic mass is 10.2. The highest BCUT2D eigenvalue weighted by Gasteiger charge is 2.13. The largest absolute Gasteiger partial charge is 0.365 e. The fraction of sp³-hybridized carbons (Fsp3) is 0.176. The summed E-state index contributed by atoms with van der Waals surface area (Å²) in [5, 5.41) is 10.2. The van der Waals surface area contributed by atoms with Crippen LogP contribution in [0.15, 0.2) is 42.9 Å². The number of carbonyl (C=O) groups excluding carboxylic acids is 1. The Morgan fingerprint density at radius 2 is 2.19 bits per heavy atom. The SMILES string of the molecule is CCn1cc(Nc2ncc(C(N)=O)c(NCc3cccc(F)c3)n2)cn1. The van der Waals surface area contributed by atoms with E-state index in [-0.39, 0.29) is 29.7 Å². The van der Waals surface area contributed by atoms with E-state index in [2.05, 4.69) is 25.7 Å². The molecule has 3 aromatic rings. The first-order valence-electron chi connectivity index (χ1n) is 8.00. The normalized spacial score (nSPS) is 10.5. The fourth-order valence-corrected chi connectivity index (χ4v) is 2.32. The van der Waals surface area contributed by atoms with Crippen LogP contribution in [0.4, 0.5) is 21.8 Å². The first-order chi connectivity index (χ1) is 12.5. The van der Waals surface area contributed by atoms with Crippen LogP contribution in [0.5, 0.6) is 0 Å². The quantitative estimate of drug-likeness (QED) is 0.600. The highest BCUT2D eigenvalue weighted by molar-refractivity contribution is 5.97. The highest BCUT2D eigenvalue weighted by atomic mass is 19.1. The van der Waals surface area contributed by atoms with Crippen LogP contribution in [0.2, 0.25) is 0 Å². The number of aromatic nitrogens is 4. The van der Waals surface area contributed by atoms with Gasteiger partial charge in [-0.15, -0.1) is 0 Å². The molecule has 0 fully saturated rings. The number of nitrogens with one attached hydrogen (secondary N) is 2. The van der Waals surface area contributed by atoms with E-state index < -0.39 is 5.91 Å². The Balaban J connectivity index is 1.80. The Morgan fingerprint density at radius 3 is 2.88 bits per heavy atom. The van der Waals surface area contributed by atoms with E-state index in [0.29, 0.717) is 5.56 Å². The van der Waals surface area contributed by atoms with Crippen molar-refractivity contribution in [3.63, 3.8) is 0 Å². The molecule has 0 unspecified atom stereocenters. The van der Waals surface area contributed by atoms with Crippen molar-refractivity contribution >= 4 is 23.4 Å². The van der Waals surface area contributed by atoms with Crippen molar-refractivity contribution in [2.75, 3.05) is 10.6 Å². The number of benzene rings is 1. The summed E-state index contributed by atoms with van der Waals surface area (Å²) in [5.74, 6) is -0.441. The topological polar surface area (TPSA) is 111 Å². The minimum atomic E-state index is -0.655. The van der Waals surface area contributed by atoms with Gasteiger partial charge in [0.1, 0.15) is 11.6 Å². The number of hydrogen-bond donors (Lipinski definition) is 3. The number of rotatable bonds is 7. The average Bonchev–Trinajstić information content (AvgIpc) is 3.07. The van der Waals surface area contributed by atoms with E-state index in [1.54, 1.807) is 23.0 Å². The number of amides is 1. The van der Waals surface area contributed by atoms with E-state index in [1.807, 2.05) is 13.1 Å². The molecule has 0 aliphatic carbocycles. The van der Waals surface area contributed by atoms with Gasteiger partial charge in [0.05, 0.1) is 17.4 Å². The van der Waals surface area contributed by atoms with E-state index in [0.717, 1.165) is 12.2 Å². The van der Waals surface area contributed by atoms with Crippen LogP contribution >= 0.6 is 0 Å². The predicted molar refractivity (Wildman–Crippen MR) is 95.5 cm³/mol. The Morgan fingerprint density at radius 1 is 1.35 bits per heavy atom. The molecule has 26 heavy (non-hydrogen) atoms. The second kappa shape index (κ2) is 7.60. The first kappa shape index (κ1) is 17.3. The Labute approximate surface area is 149 Å². The lowest BCUT2D eigenvalue weighted by Gasteiger charge is -2.11. The van der Waals surface area contributed by atoms with Gasteiger partial charge in [-0.05, 0) is 24.6 Å². The predicted octanol–water partition coefficient (Wildman–Crippen LogP) is 2.29. The summed E-state index contributed by atoms with van der Waals surface area (Å²) in [4.78, 5) is 20.0. The molecule has 0 spiro atoms. The minimum Gasteiger partial charge on any atom is -0.365 e. The molecule has 2 aromatic heterocycles. The first-order valence-corrected chi connectivity index (χ1v) is 8.00. The molecule has 0 saturated carbocycles. The van der Waals surface area contributed by atoms with Gasteiger partial charge in [0.2, 0.25) is 5.95 Å². The molecule has 4 N–H and O–H groups in total. The lowest BCUT2D eigenvalue weighted by molar-refractivity contribution is 0.100. The van der Waals surface area contributed by atoms with Crippen LogP contribution in [0.1, 0.15) is 22.8 Å². The molecule has 9 heteroatoms. The Kier molecular flexibility index (Phi) is 5.07. The van der Waals surface area contributed by atoms with E-state index in [9.17, 15) is 9.18 Å². The molecule has 0 radical (unpaired) electrons. The summed E-state index contributed by atoms with van der Waals surface area (Å²) >= 11 is 0. The van der Waals surface area contributed by atoms with Crippen LogP contribution in [0, 0.1) is 5.82 Å². The zero-order chi connectivity index (χ0) is 18.5. The molecule has 1 amide bonds. The van der Waals surface area contributed by atoms with Crippen LogP contribution in [0.25, 0.3) is 0 Å². The smallest absolute Gasteiger partial charge is 0.254 e. The standard InChI is InChI=1S/C17H18FN7O/c1-2-25-10-13(8-22-25)23-17-21-9-14(15(19)26)16(24-17)20-7-11-4-3-5-12(18)6-11/h3-6,8-10H,2,7H2,1H3,(H2,19,26)(H2,20,21,23,24).